The van der Waals surface area contributed by atoms with Gasteiger partial charge < -0.3 is 10.8 Å². The van der Waals surface area contributed by atoms with Crippen LogP contribution in [-0.4, -0.2) is 26.8 Å². The number of nitrogens with two attached hydrogens (primary N) is 1. The van der Waals surface area contributed by atoms with Gasteiger partial charge in [-0.3, -0.25) is 15.2 Å². The molecule has 1 atom stereocenters. The summed E-state index contributed by atoms with van der Waals surface area (Å²) >= 11 is 0. The molecule has 0 radical (unpaired) electrons. The molecule has 0 fully saturated rings. The van der Waals surface area contributed by atoms with Crippen LogP contribution in [0.15, 0.2) is 6.20 Å². The monoisotopic (exact) mass is 172 g/mol. The maximum absolute atomic E-state index is 10.3. The van der Waals surface area contributed by atoms with Crippen molar-refractivity contribution < 1.29 is 10.0 Å². The first kappa shape index (κ1) is 8.62. The molecular weight excluding hydrogens is 164 g/mol. The number of aromatic amines is 1. The molecule has 12 heavy (non-hydrogen) atoms. The summed E-state index contributed by atoms with van der Waals surface area (Å²) in [5.41, 5.74) is 4.91. The van der Waals surface area contributed by atoms with Gasteiger partial charge in [0.1, 0.15) is 18.0 Å². The number of aromatic nitrogens is 2. The molecule has 0 saturated carbocycles. The second-order valence-electron chi connectivity index (χ2n) is 2.18. The minimum Gasteiger partial charge on any atom is -0.385 e. The first-order valence-electron chi connectivity index (χ1n) is 3.22. The highest BCUT2D eigenvalue weighted by Crippen LogP contribution is 2.20. The van der Waals surface area contributed by atoms with E-state index in [1.54, 1.807) is 0 Å². The molecule has 0 aliphatic carbocycles. The number of aliphatic hydroxyl groups is 1. The average Bonchev–Trinajstić information content (AvgIpc) is 2.50. The Morgan fingerprint density at radius 2 is 2.58 bits per heavy atom. The molecule has 1 aromatic rings. The number of rotatable bonds is 3. The number of hydrogen-bond acceptors (Lipinski definition) is 5. The fourth-order valence-corrected chi connectivity index (χ4v) is 0.798. The van der Waals surface area contributed by atoms with E-state index in [0.717, 1.165) is 6.20 Å². The van der Waals surface area contributed by atoms with E-state index in [2.05, 4.69) is 10.2 Å². The van der Waals surface area contributed by atoms with Gasteiger partial charge in [0, 0.05) is 6.54 Å². The average molecular weight is 172 g/mol. The van der Waals surface area contributed by atoms with Crippen LogP contribution in [0.5, 0.6) is 0 Å². The lowest BCUT2D eigenvalue weighted by atomic mass is 10.2. The molecule has 0 spiro atoms. The fraction of sp³-hybridized carbons (Fsp3) is 0.400. The Morgan fingerprint density at radius 1 is 1.92 bits per heavy atom. The number of hydrogen-bond donors (Lipinski definition) is 3. The van der Waals surface area contributed by atoms with Crippen molar-refractivity contribution in [2.24, 2.45) is 5.73 Å². The second kappa shape index (κ2) is 3.28. The van der Waals surface area contributed by atoms with Gasteiger partial charge in [-0.2, -0.15) is 5.10 Å². The van der Waals surface area contributed by atoms with E-state index in [-0.39, 0.29) is 17.9 Å². The van der Waals surface area contributed by atoms with Crippen molar-refractivity contribution >= 4 is 5.69 Å². The second-order valence-corrected chi connectivity index (χ2v) is 2.18. The maximum atomic E-state index is 10.3. The summed E-state index contributed by atoms with van der Waals surface area (Å²) in [5, 5.41) is 25.2. The third kappa shape index (κ3) is 1.41. The number of H-pyrrole nitrogens is 1. The van der Waals surface area contributed by atoms with Crippen LogP contribution in [0.1, 0.15) is 11.8 Å². The van der Waals surface area contributed by atoms with Gasteiger partial charge >= 0.3 is 5.69 Å². The Labute approximate surface area is 67.3 Å². The predicted molar refractivity (Wildman–Crippen MR) is 39.3 cm³/mol. The Hall–Kier alpha value is -1.47. The van der Waals surface area contributed by atoms with Crippen LogP contribution in [0.3, 0.4) is 0 Å². The normalized spacial score (nSPS) is 12.8. The minimum absolute atomic E-state index is 0.0440. The van der Waals surface area contributed by atoms with E-state index in [1.807, 2.05) is 0 Å². The summed E-state index contributed by atoms with van der Waals surface area (Å²) in [6, 6.07) is 0. The van der Waals surface area contributed by atoms with E-state index in [9.17, 15) is 10.1 Å². The lowest BCUT2D eigenvalue weighted by Crippen LogP contribution is -2.13. The summed E-state index contributed by atoms with van der Waals surface area (Å²) < 4.78 is 0. The smallest absolute Gasteiger partial charge is 0.312 e. The first-order chi connectivity index (χ1) is 5.66. The van der Waals surface area contributed by atoms with Gasteiger partial charge in [0.15, 0.2) is 0 Å². The van der Waals surface area contributed by atoms with Crippen molar-refractivity contribution in [1.82, 2.24) is 10.2 Å². The third-order valence-corrected chi connectivity index (χ3v) is 1.40. The molecule has 7 nitrogen and oxygen atoms in total. The summed E-state index contributed by atoms with van der Waals surface area (Å²) in [7, 11) is 0. The topological polar surface area (TPSA) is 118 Å². The molecule has 1 rings (SSSR count). The summed E-state index contributed by atoms with van der Waals surface area (Å²) in [4.78, 5) is 9.67. The maximum Gasteiger partial charge on any atom is 0.312 e. The zero-order valence-electron chi connectivity index (χ0n) is 6.10. The molecular formula is C5H8N4O3. The largest absolute Gasteiger partial charge is 0.385 e. The van der Waals surface area contributed by atoms with Gasteiger partial charge in [0.25, 0.3) is 0 Å². The van der Waals surface area contributed by atoms with Crippen LogP contribution in [0.4, 0.5) is 5.69 Å². The minimum atomic E-state index is -1.06. The van der Waals surface area contributed by atoms with Crippen LogP contribution >= 0.6 is 0 Å². The van der Waals surface area contributed by atoms with Crippen molar-refractivity contribution in [1.29, 1.82) is 0 Å². The van der Waals surface area contributed by atoms with E-state index >= 15 is 0 Å². The highest BCUT2D eigenvalue weighted by atomic mass is 16.6. The van der Waals surface area contributed by atoms with E-state index < -0.39 is 11.0 Å². The van der Waals surface area contributed by atoms with Gasteiger partial charge in [0.2, 0.25) is 0 Å². The molecule has 0 aromatic carbocycles. The highest BCUT2D eigenvalue weighted by Gasteiger charge is 2.21. The van der Waals surface area contributed by atoms with Crippen molar-refractivity contribution in [2.75, 3.05) is 6.54 Å². The lowest BCUT2D eigenvalue weighted by Gasteiger charge is -2.02. The molecule has 0 saturated heterocycles. The van der Waals surface area contributed by atoms with Gasteiger partial charge in [-0.1, -0.05) is 0 Å². The van der Waals surface area contributed by atoms with Gasteiger partial charge in [-0.25, -0.2) is 0 Å². The molecule has 4 N–H and O–H groups in total. The summed E-state index contributed by atoms with van der Waals surface area (Å²) in [6.07, 6.45) is -0.0262. The SMILES string of the molecule is NC[C@@H](O)c1[nH]ncc1[N+](=O)[O-]. The van der Waals surface area contributed by atoms with Gasteiger partial charge in [0.05, 0.1) is 4.92 Å². The summed E-state index contributed by atoms with van der Waals surface area (Å²) in [5.74, 6) is 0. The zero-order chi connectivity index (χ0) is 9.14. The number of nitrogens with one attached hydrogen (secondary N) is 1. The quantitative estimate of drug-likeness (QED) is 0.412. The predicted octanol–water partition coefficient (Wildman–Crippen LogP) is -0.690. The first-order valence-corrected chi connectivity index (χ1v) is 3.22. The Balaban J connectivity index is 2.98. The molecule has 1 heterocycles. The third-order valence-electron chi connectivity index (χ3n) is 1.40. The van der Waals surface area contributed by atoms with Crippen LogP contribution in [0.25, 0.3) is 0 Å². The number of nitrogens with zero attached hydrogens (tertiary/aromatic N) is 2. The number of aliphatic hydroxyl groups excluding tert-OH is 1. The fourth-order valence-electron chi connectivity index (χ4n) is 0.798. The van der Waals surface area contributed by atoms with Crippen LogP contribution < -0.4 is 5.73 Å². The standard InChI is InChI=1S/C5H8N4O3/c6-1-4(10)5-3(9(11)12)2-7-8-5/h2,4,10H,1,6H2,(H,7,8)/t4-/m1/s1. The van der Waals surface area contributed by atoms with Crippen LogP contribution in [0, 0.1) is 10.1 Å². The molecule has 0 aliphatic rings. The number of nitro groups is 1. The van der Waals surface area contributed by atoms with Gasteiger partial charge in [-0.05, 0) is 0 Å². The molecule has 0 unspecified atom stereocenters. The lowest BCUT2D eigenvalue weighted by molar-refractivity contribution is -0.386. The molecule has 7 heteroatoms. The zero-order valence-corrected chi connectivity index (χ0v) is 6.10. The molecule has 0 amide bonds. The molecule has 1 aromatic heterocycles. The van der Waals surface area contributed by atoms with Crippen LogP contribution in [0.2, 0.25) is 0 Å². The van der Waals surface area contributed by atoms with Crippen molar-refractivity contribution in [2.45, 2.75) is 6.10 Å². The molecule has 0 bridgehead atoms. The van der Waals surface area contributed by atoms with E-state index in [1.165, 1.54) is 0 Å². The Bertz CT molecular complexity index is 284. The molecule has 66 valence electrons. The van der Waals surface area contributed by atoms with E-state index in [0.29, 0.717) is 0 Å². The van der Waals surface area contributed by atoms with Crippen molar-refractivity contribution in [3.05, 3.63) is 22.0 Å². The van der Waals surface area contributed by atoms with Crippen molar-refractivity contribution in [3.8, 4) is 0 Å². The summed E-state index contributed by atoms with van der Waals surface area (Å²) in [6.45, 7) is -0.0803. The van der Waals surface area contributed by atoms with Crippen molar-refractivity contribution in [3.63, 3.8) is 0 Å². The Kier molecular flexibility index (Phi) is 2.36. The molecule has 0 aliphatic heterocycles. The van der Waals surface area contributed by atoms with Crippen LogP contribution in [-0.2, 0) is 0 Å². The van der Waals surface area contributed by atoms with E-state index in [4.69, 9.17) is 10.8 Å². The van der Waals surface area contributed by atoms with Gasteiger partial charge in [-0.15, -0.1) is 0 Å². The Morgan fingerprint density at radius 3 is 3.08 bits per heavy atom. The highest BCUT2D eigenvalue weighted by molar-refractivity contribution is 5.33.